The molecule has 2 aromatic rings. The minimum Gasteiger partial charge on any atom is -0.483 e. The number of benzene rings is 1. The minimum atomic E-state index is -0.400. The third kappa shape index (κ3) is 7.10. The number of para-hydroxylation sites is 1. The maximum absolute atomic E-state index is 12.9. The molecule has 12 heteroatoms. The number of aromatic nitrogens is 1. The van der Waals surface area contributed by atoms with Gasteiger partial charge in [0.05, 0.1) is 4.91 Å². The molecule has 0 spiro atoms. The van der Waals surface area contributed by atoms with Crippen molar-refractivity contribution >= 4 is 68.6 Å². The fourth-order valence-electron chi connectivity index (χ4n) is 3.64. The fraction of sp³-hybridized carbons (Fsp3) is 0.348. The van der Waals surface area contributed by atoms with Crippen LogP contribution in [0.15, 0.2) is 40.7 Å². The van der Waals surface area contributed by atoms with Crippen molar-refractivity contribution in [3.8, 4) is 5.75 Å². The lowest BCUT2D eigenvalue weighted by Gasteiger charge is -2.26. The lowest BCUT2D eigenvalue weighted by molar-refractivity contribution is -0.133. The van der Waals surface area contributed by atoms with Crippen LogP contribution in [0.2, 0.25) is 0 Å². The van der Waals surface area contributed by atoms with E-state index in [2.05, 4.69) is 20.6 Å². The Hall–Kier alpha value is -2.80. The number of ether oxygens (including phenoxy) is 1. The first-order chi connectivity index (χ1) is 17.0. The summed E-state index contributed by atoms with van der Waals surface area (Å²) in [4.78, 5) is 44.1. The van der Waals surface area contributed by atoms with E-state index in [9.17, 15) is 14.4 Å². The van der Waals surface area contributed by atoms with Crippen molar-refractivity contribution in [2.24, 2.45) is 0 Å². The van der Waals surface area contributed by atoms with Crippen molar-refractivity contribution in [2.45, 2.75) is 25.7 Å². The number of piperidine rings is 1. The van der Waals surface area contributed by atoms with Crippen molar-refractivity contribution in [1.82, 2.24) is 20.3 Å². The number of amides is 3. The van der Waals surface area contributed by atoms with Gasteiger partial charge in [-0.15, -0.1) is 11.3 Å². The summed E-state index contributed by atoms with van der Waals surface area (Å²) in [6, 6.07) is 7.07. The minimum absolute atomic E-state index is 0.210. The maximum atomic E-state index is 12.9. The molecule has 2 N–H and O–H groups in total. The summed E-state index contributed by atoms with van der Waals surface area (Å²) in [6.45, 7) is 2.46. The summed E-state index contributed by atoms with van der Waals surface area (Å²) >= 11 is 7.74. The first-order valence-electron chi connectivity index (χ1n) is 11.2. The second-order valence-corrected chi connectivity index (χ2v) is 10.5. The first kappa shape index (κ1) is 25.3. The Morgan fingerprint density at radius 3 is 2.74 bits per heavy atom. The molecule has 2 aliphatic heterocycles. The molecule has 2 aliphatic rings. The van der Waals surface area contributed by atoms with Gasteiger partial charge in [0.15, 0.2) is 16.1 Å². The summed E-state index contributed by atoms with van der Waals surface area (Å²) in [7, 11) is 0. The molecule has 0 aliphatic carbocycles. The highest BCUT2D eigenvalue weighted by Gasteiger charge is 2.33. The third-order valence-electron chi connectivity index (χ3n) is 5.38. The van der Waals surface area contributed by atoms with Crippen LogP contribution in [-0.4, -0.2) is 63.2 Å². The van der Waals surface area contributed by atoms with E-state index in [-0.39, 0.29) is 22.7 Å². The Morgan fingerprint density at radius 2 is 1.97 bits per heavy atom. The molecule has 4 rings (SSSR count). The van der Waals surface area contributed by atoms with Crippen LogP contribution in [0.25, 0.3) is 6.08 Å². The SMILES string of the molecule is O=C(COc1ccccc1C=C1SC(=S)N(NC(=O)CCN2CCCCC2)C1=O)Nc1nccs1. The first-order valence-corrected chi connectivity index (χ1v) is 13.3. The highest BCUT2D eigenvalue weighted by atomic mass is 32.2. The predicted molar refractivity (Wildman–Crippen MR) is 141 cm³/mol. The predicted octanol–water partition coefficient (Wildman–Crippen LogP) is 3.27. The average molecular weight is 532 g/mol. The van der Waals surface area contributed by atoms with Gasteiger partial charge in [0.1, 0.15) is 5.75 Å². The maximum Gasteiger partial charge on any atom is 0.285 e. The Morgan fingerprint density at radius 1 is 1.17 bits per heavy atom. The topological polar surface area (TPSA) is 104 Å². The molecule has 35 heavy (non-hydrogen) atoms. The number of hydrogen-bond acceptors (Lipinski definition) is 9. The standard InChI is InChI=1S/C23H25N5O4S3/c29-19(8-12-27-10-4-1-5-11-27)26-28-21(31)18(35-23(28)33)14-16-6-2-3-7-17(16)32-15-20(30)25-22-24-9-13-34-22/h2-3,6-7,9,13-14H,1,4-5,8,10-12,15H2,(H,26,29)(H,24,25,30). The van der Waals surface area contributed by atoms with Gasteiger partial charge in [0, 0.05) is 30.1 Å². The lowest BCUT2D eigenvalue weighted by Crippen LogP contribution is -2.46. The molecule has 2 saturated heterocycles. The number of thiazole rings is 1. The molecule has 1 aromatic carbocycles. The van der Waals surface area contributed by atoms with E-state index in [0.29, 0.717) is 34.3 Å². The lowest BCUT2D eigenvalue weighted by atomic mass is 10.1. The van der Waals surface area contributed by atoms with Crippen LogP contribution < -0.4 is 15.5 Å². The molecular formula is C23H25N5O4S3. The Bertz CT molecular complexity index is 1120. The highest BCUT2D eigenvalue weighted by molar-refractivity contribution is 8.26. The molecule has 3 heterocycles. The van der Waals surface area contributed by atoms with Crippen LogP contribution >= 0.6 is 35.3 Å². The summed E-state index contributed by atoms with van der Waals surface area (Å²) in [5.74, 6) is -0.545. The van der Waals surface area contributed by atoms with Crippen molar-refractivity contribution in [3.63, 3.8) is 0 Å². The quantitative estimate of drug-likeness (QED) is 0.375. The molecule has 0 atom stereocenters. The molecule has 3 amide bonds. The Balaban J connectivity index is 1.34. The number of thiocarbonyl (C=S) groups is 1. The molecule has 0 radical (unpaired) electrons. The van der Waals surface area contributed by atoms with Crippen LogP contribution in [0.4, 0.5) is 5.13 Å². The number of hydrazine groups is 1. The van der Waals surface area contributed by atoms with E-state index in [1.165, 1.54) is 17.8 Å². The van der Waals surface area contributed by atoms with Crippen LogP contribution in [0.5, 0.6) is 5.75 Å². The second-order valence-electron chi connectivity index (χ2n) is 7.92. The van der Waals surface area contributed by atoms with Gasteiger partial charge in [-0.2, -0.15) is 5.01 Å². The molecule has 184 valence electrons. The van der Waals surface area contributed by atoms with Gasteiger partial charge in [0.25, 0.3) is 11.8 Å². The summed E-state index contributed by atoms with van der Waals surface area (Å²) < 4.78 is 5.94. The number of carbonyl (C=O) groups is 3. The van der Waals surface area contributed by atoms with E-state index in [1.54, 1.807) is 41.9 Å². The Kier molecular flexibility index (Phi) is 8.85. The zero-order valence-corrected chi connectivity index (χ0v) is 21.3. The molecule has 0 saturated carbocycles. The number of carbonyl (C=O) groups excluding carboxylic acids is 3. The third-order valence-corrected chi connectivity index (χ3v) is 7.37. The van der Waals surface area contributed by atoms with Gasteiger partial charge in [-0.3, -0.25) is 25.1 Å². The number of likely N-dealkylation sites (tertiary alicyclic amines) is 1. The molecule has 9 nitrogen and oxygen atoms in total. The molecule has 0 unspecified atom stereocenters. The van der Waals surface area contributed by atoms with Gasteiger partial charge < -0.3 is 9.64 Å². The number of hydrogen-bond donors (Lipinski definition) is 2. The summed E-state index contributed by atoms with van der Waals surface area (Å²) in [5, 5.41) is 6.03. The van der Waals surface area contributed by atoms with Crippen molar-refractivity contribution in [3.05, 3.63) is 46.3 Å². The number of anilines is 1. The zero-order valence-electron chi connectivity index (χ0n) is 18.9. The van der Waals surface area contributed by atoms with E-state index in [4.69, 9.17) is 17.0 Å². The van der Waals surface area contributed by atoms with E-state index in [1.807, 2.05) is 0 Å². The molecule has 2 fully saturated rings. The van der Waals surface area contributed by atoms with Gasteiger partial charge >= 0.3 is 0 Å². The van der Waals surface area contributed by atoms with Gasteiger partial charge in [0.2, 0.25) is 5.91 Å². The van der Waals surface area contributed by atoms with Crippen molar-refractivity contribution in [2.75, 3.05) is 31.6 Å². The number of nitrogens with zero attached hydrogens (tertiary/aromatic N) is 3. The Labute approximate surface area is 216 Å². The molecule has 0 bridgehead atoms. The van der Waals surface area contributed by atoms with E-state index >= 15 is 0 Å². The van der Waals surface area contributed by atoms with Crippen LogP contribution in [0.3, 0.4) is 0 Å². The number of nitrogens with one attached hydrogen (secondary N) is 2. The average Bonchev–Trinajstić information content (AvgIpc) is 3.46. The van der Waals surface area contributed by atoms with Crippen molar-refractivity contribution < 1.29 is 19.1 Å². The zero-order chi connectivity index (χ0) is 24.6. The summed E-state index contributed by atoms with van der Waals surface area (Å²) in [6.07, 6.45) is 7.10. The molecule has 1 aromatic heterocycles. The van der Waals surface area contributed by atoms with Gasteiger partial charge in [-0.1, -0.05) is 36.4 Å². The largest absolute Gasteiger partial charge is 0.483 e. The number of rotatable bonds is 9. The van der Waals surface area contributed by atoms with Gasteiger partial charge in [-0.05, 0) is 50.3 Å². The second kappa shape index (κ2) is 12.2. The molecular weight excluding hydrogens is 506 g/mol. The van der Waals surface area contributed by atoms with E-state index < -0.39 is 5.91 Å². The smallest absolute Gasteiger partial charge is 0.285 e. The summed E-state index contributed by atoms with van der Waals surface area (Å²) in [5.41, 5.74) is 3.25. The van der Waals surface area contributed by atoms with Crippen LogP contribution in [-0.2, 0) is 14.4 Å². The number of thioether (sulfide) groups is 1. The fourth-order valence-corrected chi connectivity index (χ4v) is 5.36. The van der Waals surface area contributed by atoms with Crippen LogP contribution in [0, 0.1) is 0 Å². The normalized spacial score (nSPS) is 17.6. The monoisotopic (exact) mass is 531 g/mol. The van der Waals surface area contributed by atoms with Crippen molar-refractivity contribution in [1.29, 1.82) is 0 Å². The van der Waals surface area contributed by atoms with Gasteiger partial charge in [-0.25, -0.2) is 4.98 Å². The van der Waals surface area contributed by atoms with Crippen LogP contribution in [0.1, 0.15) is 31.2 Å². The highest BCUT2D eigenvalue weighted by Crippen LogP contribution is 2.33. The van der Waals surface area contributed by atoms with E-state index in [0.717, 1.165) is 42.7 Å².